The van der Waals surface area contributed by atoms with E-state index in [-0.39, 0.29) is 6.03 Å². The van der Waals surface area contributed by atoms with Crippen molar-refractivity contribution in [3.05, 3.63) is 28.3 Å². The van der Waals surface area contributed by atoms with Gasteiger partial charge in [0.25, 0.3) is 0 Å². The first-order chi connectivity index (χ1) is 8.92. The Morgan fingerprint density at radius 3 is 2.47 bits per heavy atom. The van der Waals surface area contributed by atoms with Gasteiger partial charge in [-0.2, -0.15) is 0 Å². The van der Waals surface area contributed by atoms with Gasteiger partial charge in [-0.15, -0.1) is 0 Å². The molecule has 19 heavy (non-hydrogen) atoms. The van der Waals surface area contributed by atoms with Crippen LogP contribution in [-0.4, -0.2) is 38.7 Å². The highest BCUT2D eigenvalue weighted by Gasteiger charge is 2.12. The molecule has 0 aromatic heterocycles. The van der Waals surface area contributed by atoms with Crippen molar-refractivity contribution < 1.29 is 9.53 Å². The van der Waals surface area contributed by atoms with Crippen LogP contribution in [0.15, 0.2) is 6.07 Å². The minimum Gasteiger partial charge on any atom is -0.496 e. The molecule has 1 N–H and O–H groups in total. The van der Waals surface area contributed by atoms with Gasteiger partial charge in [-0.05, 0) is 55.5 Å². The van der Waals surface area contributed by atoms with Gasteiger partial charge in [-0.3, -0.25) is 0 Å². The van der Waals surface area contributed by atoms with E-state index in [2.05, 4.69) is 32.2 Å². The molecule has 0 spiro atoms. The van der Waals surface area contributed by atoms with E-state index in [0.717, 1.165) is 12.2 Å². The number of rotatable bonds is 4. The van der Waals surface area contributed by atoms with E-state index in [1.165, 1.54) is 22.3 Å². The predicted molar refractivity (Wildman–Crippen MR) is 78.0 cm³/mol. The van der Waals surface area contributed by atoms with Crippen LogP contribution in [0.2, 0.25) is 0 Å². The van der Waals surface area contributed by atoms with Crippen LogP contribution >= 0.6 is 0 Å². The van der Waals surface area contributed by atoms with Gasteiger partial charge in [0.15, 0.2) is 0 Å². The third-order valence-corrected chi connectivity index (χ3v) is 3.69. The molecular formula is C15H24N2O2. The quantitative estimate of drug-likeness (QED) is 0.907. The molecule has 0 saturated heterocycles. The number of hydrogen-bond donors (Lipinski definition) is 1. The minimum absolute atomic E-state index is 0.0551. The summed E-state index contributed by atoms with van der Waals surface area (Å²) in [5.74, 6) is 0.929. The molecule has 106 valence electrons. The van der Waals surface area contributed by atoms with Crippen LogP contribution in [0.1, 0.15) is 22.3 Å². The number of carbonyl (C=O) groups excluding carboxylic acids is 1. The predicted octanol–water partition coefficient (Wildman–Crippen LogP) is 2.43. The smallest absolute Gasteiger partial charge is 0.316 e. The number of nitrogens with zero attached hydrogens (tertiary/aromatic N) is 1. The zero-order chi connectivity index (χ0) is 14.6. The number of ether oxygens (including phenoxy) is 1. The molecule has 1 rings (SSSR count). The lowest BCUT2D eigenvalue weighted by Crippen LogP contribution is -2.36. The van der Waals surface area contributed by atoms with Crippen LogP contribution in [0, 0.1) is 20.8 Å². The third kappa shape index (κ3) is 3.40. The minimum atomic E-state index is -0.0551. The number of hydrogen-bond acceptors (Lipinski definition) is 2. The molecular weight excluding hydrogens is 240 g/mol. The zero-order valence-corrected chi connectivity index (χ0v) is 12.8. The second kappa shape index (κ2) is 6.45. The van der Waals surface area contributed by atoms with Gasteiger partial charge in [0.1, 0.15) is 5.75 Å². The average molecular weight is 264 g/mol. The van der Waals surface area contributed by atoms with Crippen molar-refractivity contribution >= 4 is 6.03 Å². The highest BCUT2D eigenvalue weighted by Crippen LogP contribution is 2.27. The molecule has 0 radical (unpaired) electrons. The molecule has 1 aromatic rings. The van der Waals surface area contributed by atoms with E-state index in [9.17, 15) is 4.79 Å². The van der Waals surface area contributed by atoms with Crippen LogP contribution in [0.3, 0.4) is 0 Å². The molecule has 0 heterocycles. The second-order valence-electron chi connectivity index (χ2n) is 4.85. The Bertz CT molecular complexity index is 470. The lowest BCUT2D eigenvalue weighted by atomic mass is 9.95. The molecule has 2 amide bonds. The Labute approximate surface area is 115 Å². The first kappa shape index (κ1) is 15.3. The van der Waals surface area contributed by atoms with Crippen LogP contribution in [0.5, 0.6) is 5.75 Å². The van der Waals surface area contributed by atoms with Gasteiger partial charge >= 0.3 is 6.03 Å². The van der Waals surface area contributed by atoms with Gasteiger partial charge < -0.3 is 15.0 Å². The van der Waals surface area contributed by atoms with Crippen molar-refractivity contribution in [3.63, 3.8) is 0 Å². The van der Waals surface area contributed by atoms with E-state index >= 15 is 0 Å². The zero-order valence-electron chi connectivity index (χ0n) is 12.8. The maximum absolute atomic E-state index is 11.5. The molecule has 0 aliphatic rings. The van der Waals surface area contributed by atoms with Crippen LogP contribution in [-0.2, 0) is 6.42 Å². The lowest BCUT2D eigenvalue weighted by molar-refractivity contribution is 0.211. The standard InChI is InChI=1S/C15H24N2O2/c1-10-9-14(19-6)12(3)11(2)13(10)7-8-17(5)15(18)16-4/h9H,7-8H2,1-6H3,(H,16,18). The van der Waals surface area contributed by atoms with Crippen molar-refractivity contribution in [2.75, 3.05) is 27.7 Å². The third-order valence-electron chi connectivity index (χ3n) is 3.69. The summed E-state index contributed by atoms with van der Waals surface area (Å²) in [5, 5.41) is 2.63. The number of urea groups is 1. The van der Waals surface area contributed by atoms with Crippen molar-refractivity contribution in [2.45, 2.75) is 27.2 Å². The summed E-state index contributed by atoms with van der Waals surface area (Å²) < 4.78 is 5.37. The molecule has 1 aromatic carbocycles. The largest absolute Gasteiger partial charge is 0.496 e. The fourth-order valence-electron chi connectivity index (χ4n) is 2.27. The Balaban J connectivity index is 2.90. The average Bonchev–Trinajstić information content (AvgIpc) is 2.41. The first-order valence-corrected chi connectivity index (χ1v) is 6.48. The molecule has 0 unspecified atom stereocenters. The van der Waals surface area contributed by atoms with Crippen molar-refractivity contribution in [2.24, 2.45) is 0 Å². The monoisotopic (exact) mass is 264 g/mol. The summed E-state index contributed by atoms with van der Waals surface area (Å²) in [6, 6.07) is 2.01. The highest BCUT2D eigenvalue weighted by molar-refractivity contribution is 5.73. The number of carbonyl (C=O) groups is 1. The van der Waals surface area contributed by atoms with Gasteiger partial charge in [-0.25, -0.2) is 4.79 Å². The summed E-state index contributed by atoms with van der Waals surface area (Å²) in [6.45, 7) is 6.97. The van der Waals surface area contributed by atoms with Gasteiger partial charge in [-0.1, -0.05) is 0 Å². The van der Waals surface area contributed by atoms with E-state index in [0.29, 0.717) is 6.54 Å². The Morgan fingerprint density at radius 2 is 1.95 bits per heavy atom. The first-order valence-electron chi connectivity index (χ1n) is 6.48. The number of amides is 2. The molecule has 0 atom stereocenters. The molecule has 0 aliphatic heterocycles. The topological polar surface area (TPSA) is 41.6 Å². The van der Waals surface area contributed by atoms with Crippen LogP contribution in [0.4, 0.5) is 4.79 Å². The molecule has 0 bridgehead atoms. The van der Waals surface area contributed by atoms with Crippen LogP contribution in [0.25, 0.3) is 0 Å². The molecule has 0 fully saturated rings. The SMILES string of the molecule is CNC(=O)N(C)CCc1c(C)cc(OC)c(C)c1C. The normalized spacial score (nSPS) is 10.2. The summed E-state index contributed by atoms with van der Waals surface area (Å²) in [7, 11) is 5.15. The fraction of sp³-hybridized carbons (Fsp3) is 0.533. The van der Waals surface area contributed by atoms with E-state index in [4.69, 9.17) is 4.74 Å². The molecule has 4 nitrogen and oxygen atoms in total. The maximum atomic E-state index is 11.5. The van der Waals surface area contributed by atoms with Gasteiger partial charge in [0.2, 0.25) is 0 Å². The Hall–Kier alpha value is -1.71. The van der Waals surface area contributed by atoms with Crippen molar-refractivity contribution in [1.82, 2.24) is 10.2 Å². The number of likely N-dealkylation sites (N-methyl/N-ethyl adjacent to an activating group) is 1. The number of aryl methyl sites for hydroxylation is 1. The molecule has 0 saturated carbocycles. The van der Waals surface area contributed by atoms with E-state index < -0.39 is 0 Å². The van der Waals surface area contributed by atoms with E-state index in [1.807, 2.05) is 0 Å². The van der Waals surface area contributed by atoms with Crippen molar-refractivity contribution in [1.29, 1.82) is 0 Å². The number of nitrogens with one attached hydrogen (secondary N) is 1. The second-order valence-corrected chi connectivity index (χ2v) is 4.85. The summed E-state index contributed by atoms with van der Waals surface area (Å²) in [6.07, 6.45) is 0.854. The van der Waals surface area contributed by atoms with Gasteiger partial charge in [0.05, 0.1) is 7.11 Å². The Morgan fingerprint density at radius 1 is 1.32 bits per heavy atom. The fourth-order valence-corrected chi connectivity index (χ4v) is 2.27. The summed E-state index contributed by atoms with van der Waals surface area (Å²) in [4.78, 5) is 13.2. The molecule has 4 heteroatoms. The number of benzene rings is 1. The summed E-state index contributed by atoms with van der Waals surface area (Å²) in [5.41, 5.74) is 4.94. The van der Waals surface area contributed by atoms with Crippen molar-refractivity contribution in [3.8, 4) is 5.75 Å². The lowest BCUT2D eigenvalue weighted by Gasteiger charge is -2.20. The summed E-state index contributed by atoms with van der Waals surface area (Å²) >= 11 is 0. The van der Waals surface area contributed by atoms with E-state index in [1.54, 1.807) is 26.1 Å². The highest BCUT2D eigenvalue weighted by atomic mass is 16.5. The maximum Gasteiger partial charge on any atom is 0.316 e. The number of methoxy groups -OCH3 is 1. The molecule has 0 aliphatic carbocycles. The Kier molecular flexibility index (Phi) is 5.21. The van der Waals surface area contributed by atoms with Crippen LogP contribution < -0.4 is 10.1 Å². The van der Waals surface area contributed by atoms with Gasteiger partial charge in [0, 0.05) is 20.6 Å².